The highest BCUT2D eigenvalue weighted by Gasteiger charge is 2.38. The molecule has 0 radical (unpaired) electrons. The van der Waals surface area contributed by atoms with Gasteiger partial charge in [0.2, 0.25) is 0 Å². The topological polar surface area (TPSA) is 54.5 Å². The average molecular weight is 285 g/mol. The number of anilines is 1. The van der Waals surface area contributed by atoms with E-state index in [1.807, 2.05) is 44.3 Å². The standard InChI is InChI=1S/C16H19N3O2/c1-16(11-19(2)7-8-21-16)15(20)18-13-9-12-5-3-4-6-14(12)17-10-13/h3-6,9-10H,7-8,11H2,1-2H3,(H,18,20). The highest BCUT2D eigenvalue weighted by molar-refractivity contribution is 5.98. The van der Waals surface area contributed by atoms with Crippen molar-refractivity contribution in [2.45, 2.75) is 12.5 Å². The van der Waals surface area contributed by atoms with E-state index in [0.717, 1.165) is 17.4 Å². The van der Waals surface area contributed by atoms with Crippen LogP contribution in [0.15, 0.2) is 36.5 Å². The number of aromatic nitrogens is 1. The maximum absolute atomic E-state index is 12.5. The predicted molar refractivity (Wildman–Crippen MR) is 82.2 cm³/mol. The Balaban J connectivity index is 1.79. The predicted octanol–water partition coefficient (Wildman–Crippen LogP) is 1.89. The second-order valence-electron chi connectivity index (χ2n) is 5.69. The minimum absolute atomic E-state index is 0.133. The van der Waals surface area contributed by atoms with Crippen molar-refractivity contribution in [2.75, 3.05) is 32.1 Å². The number of morpholine rings is 1. The van der Waals surface area contributed by atoms with Crippen molar-refractivity contribution in [2.24, 2.45) is 0 Å². The maximum Gasteiger partial charge on any atom is 0.257 e. The molecular formula is C16H19N3O2. The van der Waals surface area contributed by atoms with E-state index in [4.69, 9.17) is 4.74 Å². The Hall–Kier alpha value is -1.98. The Bertz CT molecular complexity index is 673. The molecule has 2 aromatic rings. The number of nitrogens with zero attached hydrogens (tertiary/aromatic N) is 2. The summed E-state index contributed by atoms with van der Waals surface area (Å²) in [6.45, 7) is 3.82. The molecule has 0 spiro atoms. The van der Waals surface area contributed by atoms with Crippen LogP contribution < -0.4 is 5.32 Å². The largest absolute Gasteiger partial charge is 0.363 e. The fraction of sp³-hybridized carbons (Fsp3) is 0.375. The van der Waals surface area contributed by atoms with Crippen LogP contribution in [0.3, 0.4) is 0 Å². The van der Waals surface area contributed by atoms with Crippen LogP contribution in [0, 0.1) is 0 Å². The van der Waals surface area contributed by atoms with E-state index < -0.39 is 5.60 Å². The number of hydrogen-bond donors (Lipinski definition) is 1. The number of hydrogen-bond acceptors (Lipinski definition) is 4. The van der Waals surface area contributed by atoms with Crippen molar-refractivity contribution in [3.05, 3.63) is 36.5 Å². The number of pyridine rings is 1. The summed E-state index contributed by atoms with van der Waals surface area (Å²) in [6, 6.07) is 9.75. The lowest BCUT2D eigenvalue weighted by Gasteiger charge is -2.37. The van der Waals surface area contributed by atoms with Gasteiger partial charge in [-0.1, -0.05) is 18.2 Å². The first-order chi connectivity index (χ1) is 10.1. The van der Waals surface area contributed by atoms with Gasteiger partial charge in [-0.2, -0.15) is 0 Å². The van der Waals surface area contributed by atoms with E-state index in [9.17, 15) is 4.79 Å². The fourth-order valence-electron chi connectivity index (χ4n) is 2.61. The summed E-state index contributed by atoms with van der Waals surface area (Å²) in [5, 5.41) is 3.91. The molecule has 1 unspecified atom stereocenters. The average Bonchev–Trinajstić information content (AvgIpc) is 2.47. The van der Waals surface area contributed by atoms with Crippen LogP contribution in [0.1, 0.15) is 6.92 Å². The Kier molecular flexibility index (Phi) is 3.61. The summed E-state index contributed by atoms with van der Waals surface area (Å²) < 4.78 is 5.68. The van der Waals surface area contributed by atoms with Gasteiger partial charge in [0.15, 0.2) is 5.60 Å². The van der Waals surface area contributed by atoms with Crippen LogP contribution in [-0.4, -0.2) is 48.1 Å². The molecule has 1 aromatic heterocycles. The summed E-state index contributed by atoms with van der Waals surface area (Å²) in [4.78, 5) is 18.9. The monoisotopic (exact) mass is 285 g/mol. The molecule has 21 heavy (non-hydrogen) atoms. The number of amides is 1. The second-order valence-corrected chi connectivity index (χ2v) is 5.69. The number of para-hydroxylation sites is 1. The molecule has 1 aromatic carbocycles. The van der Waals surface area contributed by atoms with Crippen LogP contribution >= 0.6 is 0 Å². The van der Waals surface area contributed by atoms with Crippen molar-refractivity contribution in [1.29, 1.82) is 0 Å². The first kappa shape index (κ1) is 14.0. The van der Waals surface area contributed by atoms with Gasteiger partial charge in [-0.15, -0.1) is 0 Å². The number of likely N-dealkylation sites (N-methyl/N-ethyl adjacent to an activating group) is 1. The van der Waals surface area contributed by atoms with Crippen LogP contribution in [0.5, 0.6) is 0 Å². The Morgan fingerprint density at radius 2 is 2.24 bits per heavy atom. The van der Waals surface area contributed by atoms with Crippen molar-refractivity contribution in [3.63, 3.8) is 0 Å². The van der Waals surface area contributed by atoms with Gasteiger partial charge in [0.25, 0.3) is 5.91 Å². The summed E-state index contributed by atoms with van der Waals surface area (Å²) in [6.07, 6.45) is 1.68. The maximum atomic E-state index is 12.5. The zero-order chi connectivity index (χ0) is 14.9. The van der Waals surface area contributed by atoms with Gasteiger partial charge in [-0.05, 0) is 26.1 Å². The molecule has 2 heterocycles. The number of rotatable bonds is 2. The highest BCUT2D eigenvalue weighted by atomic mass is 16.5. The van der Waals surface area contributed by atoms with Gasteiger partial charge in [0, 0.05) is 18.5 Å². The molecule has 1 atom stereocenters. The molecule has 1 N–H and O–H groups in total. The summed E-state index contributed by atoms with van der Waals surface area (Å²) in [5.74, 6) is -0.133. The first-order valence-electron chi connectivity index (χ1n) is 7.06. The van der Waals surface area contributed by atoms with Crippen LogP contribution in [0.25, 0.3) is 10.9 Å². The number of benzene rings is 1. The molecule has 1 saturated heterocycles. The zero-order valence-electron chi connectivity index (χ0n) is 12.3. The minimum atomic E-state index is -0.821. The number of nitrogens with one attached hydrogen (secondary N) is 1. The summed E-state index contributed by atoms with van der Waals surface area (Å²) in [5.41, 5.74) is 0.783. The molecular weight excluding hydrogens is 266 g/mol. The van der Waals surface area contributed by atoms with E-state index in [0.29, 0.717) is 18.8 Å². The van der Waals surface area contributed by atoms with Gasteiger partial charge in [-0.3, -0.25) is 9.78 Å². The lowest BCUT2D eigenvalue weighted by Crippen LogP contribution is -2.55. The molecule has 110 valence electrons. The van der Waals surface area contributed by atoms with E-state index >= 15 is 0 Å². The number of carbonyl (C=O) groups is 1. The number of fused-ring (bicyclic) bond motifs is 1. The quantitative estimate of drug-likeness (QED) is 0.915. The van der Waals surface area contributed by atoms with E-state index in [1.165, 1.54) is 0 Å². The van der Waals surface area contributed by atoms with E-state index in [1.54, 1.807) is 6.20 Å². The summed E-state index contributed by atoms with van der Waals surface area (Å²) >= 11 is 0. The molecule has 0 saturated carbocycles. The van der Waals surface area contributed by atoms with Gasteiger partial charge >= 0.3 is 0 Å². The molecule has 5 heteroatoms. The molecule has 0 bridgehead atoms. The van der Waals surface area contributed by atoms with E-state index in [-0.39, 0.29) is 5.91 Å². The molecule has 0 aliphatic carbocycles. The van der Waals surface area contributed by atoms with Gasteiger partial charge in [0.05, 0.1) is 24.0 Å². The Labute approximate surface area is 123 Å². The molecule has 5 nitrogen and oxygen atoms in total. The smallest absolute Gasteiger partial charge is 0.257 e. The van der Waals surface area contributed by atoms with Crippen LogP contribution in [-0.2, 0) is 9.53 Å². The number of carbonyl (C=O) groups excluding carboxylic acids is 1. The van der Waals surface area contributed by atoms with Gasteiger partial charge in [-0.25, -0.2) is 0 Å². The summed E-state index contributed by atoms with van der Waals surface area (Å²) in [7, 11) is 1.99. The fourth-order valence-corrected chi connectivity index (χ4v) is 2.61. The molecule has 1 fully saturated rings. The zero-order valence-corrected chi connectivity index (χ0v) is 12.3. The van der Waals surface area contributed by atoms with Crippen molar-refractivity contribution < 1.29 is 9.53 Å². The lowest BCUT2D eigenvalue weighted by molar-refractivity contribution is -0.149. The Morgan fingerprint density at radius 1 is 1.43 bits per heavy atom. The Morgan fingerprint density at radius 3 is 3.05 bits per heavy atom. The third-order valence-corrected chi connectivity index (χ3v) is 3.79. The minimum Gasteiger partial charge on any atom is -0.363 e. The lowest BCUT2D eigenvalue weighted by atomic mass is 10.0. The van der Waals surface area contributed by atoms with Crippen LogP contribution in [0.2, 0.25) is 0 Å². The van der Waals surface area contributed by atoms with Crippen molar-refractivity contribution in [1.82, 2.24) is 9.88 Å². The van der Waals surface area contributed by atoms with E-state index in [2.05, 4.69) is 15.2 Å². The highest BCUT2D eigenvalue weighted by Crippen LogP contribution is 2.21. The SMILES string of the molecule is CN1CCOC(C)(C(=O)Nc2cnc3ccccc3c2)C1. The molecule has 3 rings (SSSR count). The van der Waals surface area contributed by atoms with Crippen molar-refractivity contribution >= 4 is 22.5 Å². The molecule has 1 amide bonds. The van der Waals surface area contributed by atoms with Crippen LogP contribution in [0.4, 0.5) is 5.69 Å². The van der Waals surface area contributed by atoms with Gasteiger partial charge in [0.1, 0.15) is 0 Å². The first-order valence-corrected chi connectivity index (χ1v) is 7.06. The normalized spacial score (nSPS) is 23.1. The second kappa shape index (κ2) is 5.42. The third kappa shape index (κ3) is 2.89. The van der Waals surface area contributed by atoms with Gasteiger partial charge < -0.3 is 15.0 Å². The number of ether oxygens (including phenoxy) is 1. The molecule has 1 aliphatic heterocycles. The molecule has 1 aliphatic rings. The third-order valence-electron chi connectivity index (χ3n) is 3.79. The van der Waals surface area contributed by atoms with Crippen molar-refractivity contribution in [3.8, 4) is 0 Å².